The summed E-state index contributed by atoms with van der Waals surface area (Å²) in [7, 11) is 0. The molecule has 0 N–H and O–H groups in total. The second-order valence-corrected chi connectivity index (χ2v) is 3.60. The van der Waals surface area contributed by atoms with E-state index in [4.69, 9.17) is 4.74 Å². The molecular weight excluding hydrogens is 228 g/mol. The van der Waals surface area contributed by atoms with E-state index in [1.54, 1.807) is 23.2 Å². The van der Waals surface area contributed by atoms with E-state index < -0.39 is 0 Å². The van der Waals surface area contributed by atoms with E-state index >= 15 is 0 Å². The van der Waals surface area contributed by atoms with Crippen LogP contribution in [0.2, 0.25) is 0 Å². The van der Waals surface area contributed by atoms with Crippen molar-refractivity contribution in [3.63, 3.8) is 0 Å². The van der Waals surface area contributed by atoms with Crippen LogP contribution in [0.4, 0.5) is 0 Å². The number of hydrogen-bond donors (Lipinski definition) is 0. The third-order valence-electron chi connectivity index (χ3n) is 2.36. The Balaban J connectivity index is 1.88. The standard InChI is InChI=1S/C13H10N4O/c1-2-4-11(5-3-1)18-13-8-12(15-9-16-13)17-7-6-14-10-17/h1-10H. The Bertz CT molecular complexity index is 623. The lowest BCUT2D eigenvalue weighted by molar-refractivity contribution is 0.461. The molecule has 0 aliphatic rings. The van der Waals surface area contributed by atoms with Crippen molar-refractivity contribution in [1.29, 1.82) is 0 Å². The fourth-order valence-electron chi connectivity index (χ4n) is 1.53. The van der Waals surface area contributed by atoms with Gasteiger partial charge in [0, 0.05) is 18.5 Å². The average Bonchev–Trinajstić information content (AvgIpc) is 2.94. The molecule has 2 aromatic heterocycles. The van der Waals surface area contributed by atoms with Crippen molar-refractivity contribution in [2.75, 3.05) is 0 Å². The highest BCUT2D eigenvalue weighted by Crippen LogP contribution is 2.19. The second kappa shape index (κ2) is 4.67. The van der Waals surface area contributed by atoms with E-state index in [9.17, 15) is 0 Å². The van der Waals surface area contributed by atoms with Gasteiger partial charge in [-0.3, -0.25) is 4.57 Å². The maximum Gasteiger partial charge on any atom is 0.224 e. The lowest BCUT2D eigenvalue weighted by Crippen LogP contribution is -1.96. The van der Waals surface area contributed by atoms with Crippen LogP contribution in [0.1, 0.15) is 0 Å². The lowest BCUT2D eigenvalue weighted by atomic mass is 10.3. The maximum atomic E-state index is 5.63. The number of ether oxygens (including phenoxy) is 1. The summed E-state index contributed by atoms with van der Waals surface area (Å²) in [5.41, 5.74) is 0. The molecule has 0 atom stereocenters. The van der Waals surface area contributed by atoms with Gasteiger partial charge in [-0.1, -0.05) is 18.2 Å². The normalized spacial score (nSPS) is 10.2. The predicted molar refractivity (Wildman–Crippen MR) is 65.7 cm³/mol. The van der Waals surface area contributed by atoms with Crippen LogP contribution in [-0.4, -0.2) is 19.5 Å². The van der Waals surface area contributed by atoms with E-state index in [-0.39, 0.29) is 0 Å². The van der Waals surface area contributed by atoms with E-state index in [0.29, 0.717) is 11.7 Å². The summed E-state index contributed by atoms with van der Waals surface area (Å²) in [5, 5.41) is 0. The Labute approximate surface area is 104 Å². The number of benzene rings is 1. The molecule has 1 aromatic carbocycles. The summed E-state index contributed by atoms with van der Waals surface area (Å²) < 4.78 is 7.42. The van der Waals surface area contributed by atoms with Crippen molar-refractivity contribution < 1.29 is 4.74 Å². The monoisotopic (exact) mass is 238 g/mol. The smallest absolute Gasteiger partial charge is 0.224 e. The molecule has 5 nitrogen and oxygen atoms in total. The zero-order valence-electron chi connectivity index (χ0n) is 9.47. The molecule has 5 heteroatoms. The molecule has 3 rings (SSSR count). The summed E-state index contributed by atoms with van der Waals surface area (Å²) in [4.78, 5) is 12.2. The third kappa shape index (κ3) is 2.20. The summed E-state index contributed by atoms with van der Waals surface area (Å²) >= 11 is 0. The van der Waals surface area contributed by atoms with Gasteiger partial charge >= 0.3 is 0 Å². The van der Waals surface area contributed by atoms with E-state index in [1.165, 1.54) is 6.33 Å². The van der Waals surface area contributed by atoms with Crippen LogP contribution in [0.25, 0.3) is 5.82 Å². The second-order valence-electron chi connectivity index (χ2n) is 3.60. The van der Waals surface area contributed by atoms with Crippen molar-refractivity contribution in [3.05, 3.63) is 61.4 Å². The number of imidazole rings is 1. The van der Waals surface area contributed by atoms with Gasteiger partial charge in [0.2, 0.25) is 5.88 Å². The van der Waals surface area contributed by atoms with Gasteiger partial charge in [-0.05, 0) is 12.1 Å². The Morgan fingerprint density at radius 2 is 1.94 bits per heavy atom. The Morgan fingerprint density at radius 3 is 2.72 bits per heavy atom. The first kappa shape index (κ1) is 10.5. The van der Waals surface area contributed by atoms with E-state index in [2.05, 4.69) is 15.0 Å². The first-order valence-electron chi connectivity index (χ1n) is 5.45. The first-order chi connectivity index (χ1) is 8.92. The van der Waals surface area contributed by atoms with Gasteiger partial charge in [-0.2, -0.15) is 0 Å². The molecule has 0 unspecified atom stereocenters. The molecule has 18 heavy (non-hydrogen) atoms. The minimum atomic E-state index is 0.500. The number of para-hydroxylation sites is 1. The molecule has 0 fully saturated rings. The van der Waals surface area contributed by atoms with E-state index in [0.717, 1.165) is 5.75 Å². The van der Waals surface area contributed by atoms with Gasteiger partial charge in [0.05, 0.1) is 0 Å². The third-order valence-corrected chi connectivity index (χ3v) is 2.36. The van der Waals surface area contributed by atoms with Gasteiger partial charge in [0.25, 0.3) is 0 Å². The molecule has 0 bridgehead atoms. The Morgan fingerprint density at radius 1 is 1.06 bits per heavy atom. The quantitative estimate of drug-likeness (QED) is 0.703. The highest BCUT2D eigenvalue weighted by atomic mass is 16.5. The largest absolute Gasteiger partial charge is 0.439 e. The summed E-state index contributed by atoms with van der Waals surface area (Å²) in [6, 6.07) is 11.3. The minimum Gasteiger partial charge on any atom is -0.439 e. The van der Waals surface area contributed by atoms with Crippen LogP contribution in [0.15, 0.2) is 61.4 Å². The Hall–Kier alpha value is -2.69. The zero-order chi connectivity index (χ0) is 12.2. The molecular formula is C13H10N4O. The van der Waals surface area contributed by atoms with Crippen LogP contribution in [0, 0.1) is 0 Å². The summed E-state index contributed by atoms with van der Waals surface area (Å²) in [6.07, 6.45) is 6.65. The number of hydrogen-bond acceptors (Lipinski definition) is 4. The highest BCUT2D eigenvalue weighted by Gasteiger charge is 2.02. The molecule has 0 radical (unpaired) electrons. The Kier molecular flexibility index (Phi) is 2.71. The van der Waals surface area contributed by atoms with Gasteiger partial charge < -0.3 is 4.74 Å². The van der Waals surface area contributed by atoms with Gasteiger partial charge in [-0.25, -0.2) is 15.0 Å². The van der Waals surface area contributed by atoms with Gasteiger partial charge in [0.15, 0.2) is 0 Å². The van der Waals surface area contributed by atoms with Gasteiger partial charge in [-0.15, -0.1) is 0 Å². The fraction of sp³-hybridized carbons (Fsp3) is 0. The lowest BCUT2D eigenvalue weighted by Gasteiger charge is -2.05. The van der Waals surface area contributed by atoms with Crippen LogP contribution in [-0.2, 0) is 0 Å². The average molecular weight is 238 g/mol. The minimum absolute atomic E-state index is 0.500. The molecule has 0 amide bonds. The summed E-state index contributed by atoms with van der Waals surface area (Å²) in [6.45, 7) is 0. The molecule has 0 saturated heterocycles. The SMILES string of the molecule is c1ccc(Oc2cc(-n3ccnc3)ncn2)cc1. The molecule has 0 aliphatic carbocycles. The van der Waals surface area contributed by atoms with Crippen molar-refractivity contribution in [2.45, 2.75) is 0 Å². The topological polar surface area (TPSA) is 52.8 Å². The molecule has 0 spiro atoms. The number of rotatable bonds is 3. The van der Waals surface area contributed by atoms with Crippen molar-refractivity contribution in [3.8, 4) is 17.4 Å². The number of aromatic nitrogens is 4. The molecule has 2 heterocycles. The maximum absolute atomic E-state index is 5.63. The summed E-state index contributed by atoms with van der Waals surface area (Å²) in [5.74, 6) is 1.96. The van der Waals surface area contributed by atoms with Crippen LogP contribution in [0.3, 0.4) is 0 Å². The first-order valence-corrected chi connectivity index (χ1v) is 5.45. The fourth-order valence-corrected chi connectivity index (χ4v) is 1.53. The molecule has 0 aliphatic heterocycles. The molecule has 0 saturated carbocycles. The predicted octanol–water partition coefficient (Wildman–Crippen LogP) is 2.45. The van der Waals surface area contributed by atoms with Crippen LogP contribution in [0.5, 0.6) is 11.6 Å². The van der Waals surface area contributed by atoms with Crippen molar-refractivity contribution >= 4 is 0 Å². The van der Waals surface area contributed by atoms with Crippen LogP contribution >= 0.6 is 0 Å². The van der Waals surface area contributed by atoms with Gasteiger partial charge in [0.1, 0.15) is 24.2 Å². The number of nitrogens with zero attached hydrogens (tertiary/aromatic N) is 4. The highest BCUT2D eigenvalue weighted by molar-refractivity contribution is 5.31. The molecule has 88 valence electrons. The van der Waals surface area contributed by atoms with E-state index in [1.807, 2.05) is 36.5 Å². The van der Waals surface area contributed by atoms with Crippen LogP contribution < -0.4 is 4.74 Å². The molecule has 3 aromatic rings. The van der Waals surface area contributed by atoms with Crippen molar-refractivity contribution in [1.82, 2.24) is 19.5 Å². The zero-order valence-corrected chi connectivity index (χ0v) is 9.47. The van der Waals surface area contributed by atoms with Crippen molar-refractivity contribution in [2.24, 2.45) is 0 Å².